The van der Waals surface area contributed by atoms with Gasteiger partial charge in [-0.25, -0.2) is 4.98 Å². The van der Waals surface area contributed by atoms with Crippen molar-refractivity contribution >= 4 is 0 Å². The van der Waals surface area contributed by atoms with Crippen LogP contribution in [0.2, 0.25) is 0 Å². The van der Waals surface area contributed by atoms with Crippen molar-refractivity contribution in [3.63, 3.8) is 0 Å². The average Bonchev–Trinajstić information content (AvgIpc) is 2.85. The molecule has 6 heteroatoms. The zero-order valence-corrected chi connectivity index (χ0v) is 7.74. The van der Waals surface area contributed by atoms with Crippen LogP contribution in [-0.2, 0) is 19.6 Å². The van der Waals surface area contributed by atoms with Crippen molar-refractivity contribution in [2.45, 2.75) is 19.6 Å². The fourth-order valence-electron chi connectivity index (χ4n) is 1.28. The van der Waals surface area contributed by atoms with Crippen molar-refractivity contribution in [1.82, 2.24) is 24.5 Å². The second kappa shape index (κ2) is 4.01. The molecule has 0 unspecified atom stereocenters. The zero-order chi connectivity index (χ0) is 9.80. The van der Waals surface area contributed by atoms with Crippen LogP contribution in [0.1, 0.15) is 5.69 Å². The van der Waals surface area contributed by atoms with E-state index in [2.05, 4.69) is 15.3 Å². The van der Waals surface area contributed by atoms with Crippen LogP contribution >= 0.6 is 0 Å². The first-order valence-corrected chi connectivity index (χ1v) is 4.43. The van der Waals surface area contributed by atoms with Crippen LogP contribution < -0.4 is 5.73 Å². The Kier molecular flexibility index (Phi) is 2.55. The molecule has 14 heavy (non-hydrogen) atoms. The predicted octanol–water partition coefficient (Wildman–Crippen LogP) is -0.367. The standard InChI is InChI=1S/C8H12N6/c9-5-8-6-10-7-13(8)3-4-14-2-1-11-12-14/h1-2,6-7H,3-5,9H2. The molecule has 0 aliphatic heterocycles. The van der Waals surface area contributed by atoms with Gasteiger partial charge in [-0.1, -0.05) is 5.21 Å². The first-order chi connectivity index (χ1) is 6.90. The molecule has 0 saturated heterocycles. The molecule has 0 fully saturated rings. The van der Waals surface area contributed by atoms with Crippen LogP contribution in [0.25, 0.3) is 0 Å². The molecule has 0 aromatic carbocycles. The summed E-state index contributed by atoms with van der Waals surface area (Å²) in [6.45, 7) is 2.11. The van der Waals surface area contributed by atoms with E-state index in [9.17, 15) is 0 Å². The maximum absolute atomic E-state index is 5.55. The normalized spacial score (nSPS) is 10.6. The van der Waals surface area contributed by atoms with E-state index in [4.69, 9.17) is 5.73 Å². The van der Waals surface area contributed by atoms with Gasteiger partial charge >= 0.3 is 0 Å². The molecule has 0 saturated carbocycles. The summed E-state index contributed by atoms with van der Waals surface area (Å²) in [7, 11) is 0. The second-order valence-corrected chi connectivity index (χ2v) is 2.95. The van der Waals surface area contributed by atoms with Gasteiger partial charge < -0.3 is 10.3 Å². The Labute approximate surface area is 81.4 Å². The minimum atomic E-state index is 0.511. The Hall–Kier alpha value is -1.69. The van der Waals surface area contributed by atoms with Crippen molar-refractivity contribution in [3.05, 3.63) is 30.6 Å². The van der Waals surface area contributed by atoms with Gasteiger partial charge in [-0.3, -0.25) is 4.68 Å². The van der Waals surface area contributed by atoms with E-state index in [0.29, 0.717) is 6.54 Å². The van der Waals surface area contributed by atoms with Crippen molar-refractivity contribution in [2.24, 2.45) is 5.73 Å². The van der Waals surface area contributed by atoms with Crippen LogP contribution in [0.4, 0.5) is 0 Å². The Balaban J connectivity index is 1.98. The van der Waals surface area contributed by atoms with Gasteiger partial charge in [0.2, 0.25) is 0 Å². The van der Waals surface area contributed by atoms with Gasteiger partial charge in [-0.15, -0.1) is 5.10 Å². The highest BCUT2D eigenvalue weighted by Gasteiger charge is 1.99. The van der Waals surface area contributed by atoms with Gasteiger partial charge in [0.1, 0.15) is 0 Å². The molecule has 0 bridgehead atoms. The largest absolute Gasteiger partial charge is 0.332 e. The first-order valence-electron chi connectivity index (χ1n) is 4.43. The molecule has 2 N–H and O–H groups in total. The van der Waals surface area contributed by atoms with Gasteiger partial charge in [-0.05, 0) is 0 Å². The number of nitrogens with two attached hydrogens (primary N) is 1. The first kappa shape index (κ1) is 8.89. The lowest BCUT2D eigenvalue weighted by Crippen LogP contribution is -2.11. The monoisotopic (exact) mass is 192 g/mol. The highest BCUT2D eigenvalue weighted by molar-refractivity contribution is 4.96. The van der Waals surface area contributed by atoms with E-state index in [-0.39, 0.29) is 0 Å². The quantitative estimate of drug-likeness (QED) is 0.717. The van der Waals surface area contributed by atoms with Crippen molar-refractivity contribution in [3.8, 4) is 0 Å². The lowest BCUT2D eigenvalue weighted by atomic mass is 10.4. The summed E-state index contributed by atoms with van der Waals surface area (Å²) < 4.78 is 3.79. The molecule has 2 rings (SSSR count). The van der Waals surface area contributed by atoms with E-state index >= 15 is 0 Å². The highest BCUT2D eigenvalue weighted by atomic mass is 15.4. The van der Waals surface area contributed by atoms with Crippen LogP contribution in [0, 0.1) is 0 Å². The fourth-order valence-corrected chi connectivity index (χ4v) is 1.28. The molecule has 0 aliphatic rings. The Morgan fingerprint density at radius 1 is 1.36 bits per heavy atom. The molecular formula is C8H12N6. The number of rotatable bonds is 4. The number of aromatic nitrogens is 5. The molecule has 2 aromatic rings. The van der Waals surface area contributed by atoms with Crippen molar-refractivity contribution in [2.75, 3.05) is 0 Å². The van der Waals surface area contributed by atoms with Gasteiger partial charge in [-0.2, -0.15) is 0 Å². The third kappa shape index (κ3) is 1.80. The summed E-state index contributed by atoms with van der Waals surface area (Å²) in [5, 5.41) is 7.60. The molecule has 0 atom stereocenters. The maximum Gasteiger partial charge on any atom is 0.0949 e. The van der Waals surface area contributed by atoms with E-state index in [1.165, 1.54) is 0 Å². The SMILES string of the molecule is NCc1cncn1CCn1ccnn1. The summed E-state index contributed by atoms with van der Waals surface area (Å²) in [5.41, 5.74) is 6.58. The van der Waals surface area contributed by atoms with Gasteiger partial charge in [0, 0.05) is 25.5 Å². The molecular weight excluding hydrogens is 180 g/mol. The third-order valence-electron chi connectivity index (χ3n) is 2.05. The Bertz CT molecular complexity index is 376. The Morgan fingerprint density at radius 2 is 2.29 bits per heavy atom. The number of hydrogen-bond acceptors (Lipinski definition) is 4. The van der Waals surface area contributed by atoms with E-state index in [1.54, 1.807) is 23.4 Å². The molecule has 0 amide bonds. The molecule has 2 aromatic heterocycles. The summed E-state index contributed by atoms with van der Waals surface area (Å²) in [5.74, 6) is 0. The topological polar surface area (TPSA) is 74.5 Å². The van der Waals surface area contributed by atoms with Crippen LogP contribution in [0.5, 0.6) is 0 Å². The van der Waals surface area contributed by atoms with E-state index in [1.807, 2.05) is 10.8 Å². The number of imidazole rings is 1. The van der Waals surface area contributed by atoms with Crippen LogP contribution in [-0.4, -0.2) is 24.5 Å². The molecule has 0 spiro atoms. The lowest BCUT2D eigenvalue weighted by molar-refractivity contribution is 0.510. The minimum Gasteiger partial charge on any atom is -0.332 e. The predicted molar refractivity (Wildman–Crippen MR) is 50.1 cm³/mol. The van der Waals surface area contributed by atoms with Crippen LogP contribution in [0.15, 0.2) is 24.9 Å². The average molecular weight is 192 g/mol. The number of nitrogens with zero attached hydrogens (tertiary/aromatic N) is 5. The minimum absolute atomic E-state index is 0.511. The fraction of sp³-hybridized carbons (Fsp3) is 0.375. The molecule has 0 aliphatic carbocycles. The summed E-state index contributed by atoms with van der Waals surface area (Å²) >= 11 is 0. The van der Waals surface area contributed by atoms with Crippen LogP contribution in [0.3, 0.4) is 0 Å². The van der Waals surface area contributed by atoms with E-state index in [0.717, 1.165) is 18.8 Å². The summed E-state index contributed by atoms with van der Waals surface area (Å²) in [6.07, 6.45) is 7.05. The summed E-state index contributed by atoms with van der Waals surface area (Å²) in [4.78, 5) is 4.03. The number of hydrogen-bond donors (Lipinski definition) is 1. The zero-order valence-electron chi connectivity index (χ0n) is 7.74. The van der Waals surface area contributed by atoms with Crippen molar-refractivity contribution < 1.29 is 0 Å². The number of aryl methyl sites for hydroxylation is 2. The lowest BCUT2D eigenvalue weighted by Gasteiger charge is -2.05. The van der Waals surface area contributed by atoms with Gasteiger partial charge in [0.05, 0.1) is 24.8 Å². The van der Waals surface area contributed by atoms with Gasteiger partial charge in [0.25, 0.3) is 0 Å². The molecule has 6 nitrogen and oxygen atoms in total. The second-order valence-electron chi connectivity index (χ2n) is 2.95. The highest BCUT2D eigenvalue weighted by Crippen LogP contribution is 1.98. The third-order valence-corrected chi connectivity index (χ3v) is 2.05. The smallest absolute Gasteiger partial charge is 0.0949 e. The molecule has 0 radical (unpaired) electrons. The van der Waals surface area contributed by atoms with E-state index < -0.39 is 0 Å². The Morgan fingerprint density at radius 3 is 3.00 bits per heavy atom. The molecule has 74 valence electrons. The van der Waals surface area contributed by atoms with Gasteiger partial charge in [0.15, 0.2) is 0 Å². The maximum atomic E-state index is 5.55. The van der Waals surface area contributed by atoms with Crippen molar-refractivity contribution in [1.29, 1.82) is 0 Å². The molecule has 2 heterocycles. The summed E-state index contributed by atoms with van der Waals surface area (Å²) in [6, 6.07) is 0.